The van der Waals surface area contributed by atoms with Crippen LogP contribution in [0.25, 0.3) is 0 Å². The van der Waals surface area contributed by atoms with Crippen LogP contribution in [0, 0.1) is 13.8 Å². The number of carbonyl (C=O) groups excluding carboxylic acids is 1. The quantitative estimate of drug-likeness (QED) is 0.855. The van der Waals surface area contributed by atoms with Crippen LogP contribution in [0.5, 0.6) is 5.75 Å². The molecule has 2 aromatic rings. The Labute approximate surface area is 156 Å². The van der Waals surface area contributed by atoms with Crippen LogP contribution in [-0.2, 0) is 11.3 Å². The normalized spacial score (nSPS) is 15.0. The third-order valence-corrected chi connectivity index (χ3v) is 5.10. The molecule has 0 unspecified atom stereocenters. The second-order valence-corrected chi connectivity index (χ2v) is 7.04. The molecule has 1 aliphatic rings. The van der Waals surface area contributed by atoms with Gasteiger partial charge < -0.3 is 15.0 Å². The molecule has 138 valence electrons. The van der Waals surface area contributed by atoms with Crippen LogP contribution in [0.3, 0.4) is 0 Å². The number of amides is 1. The molecule has 0 spiro atoms. The van der Waals surface area contributed by atoms with Crippen molar-refractivity contribution < 1.29 is 9.53 Å². The maximum atomic E-state index is 12.3. The molecule has 1 N–H and O–H groups in total. The molecule has 0 radical (unpaired) electrons. The molecule has 0 aromatic heterocycles. The van der Waals surface area contributed by atoms with Gasteiger partial charge in [0.05, 0.1) is 0 Å². The van der Waals surface area contributed by atoms with E-state index in [4.69, 9.17) is 4.74 Å². The molecular weight excluding hydrogens is 324 g/mol. The van der Waals surface area contributed by atoms with Crippen molar-refractivity contribution in [1.82, 2.24) is 5.32 Å². The lowest BCUT2D eigenvalue weighted by molar-refractivity contribution is -0.127. The molecule has 1 atom stereocenters. The van der Waals surface area contributed by atoms with Gasteiger partial charge in [0.1, 0.15) is 5.75 Å². The van der Waals surface area contributed by atoms with Crippen LogP contribution in [0.2, 0.25) is 0 Å². The molecule has 2 aromatic carbocycles. The van der Waals surface area contributed by atoms with Crippen LogP contribution < -0.4 is 15.0 Å². The highest BCUT2D eigenvalue weighted by molar-refractivity contribution is 5.80. The maximum absolute atomic E-state index is 12.3. The summed E-state index contributed by atoms with van der Waals surface area (Å²) < 4.78 is 5.84. The van der Waals surface area contributed by atoms with Crippen molar-refractivity contribution in [2.24, 2.45) is 0 Å². The lowest BCUT2D eigenvalue weighted by Gasteiger charge is -2.18. The van der Waals surface area contributed by atoms with E-state index in [1.165, 1.54) is 18.5 Å². The van der Waals surface area contributed by atoms with Crippen molar-refractivity contribution in [3.63, 3.8) is 0 Å². The van der Waals surface area contributed by atoms with Gasteiger partial charge in [-0.05, 0) is 68.5 Å². The summed E-state index contributed by atoms with van der Waals surface area (Å²) in [5, 5.41) is 2.96. The first-order valence-electron chi connectivity index (χ1n) is 9.39. The predicted molar refractivity (Wildman–Crippen MR) is 106 cm³/mol. The van der Waals surface area contributed by atoms with Crippen molar-refractivity contribution >= 4 is 11.6 Å². The van der Waals surface area contributed by atoms with E-state index in [1.54, 1.807) is 6.92 Å². The summed E-state index contributed by atoms with van der Waals surface area (Å²) in [5.74, 6) is 0.664. The van der Waals surface area contributed by atoms with Gasteiger partial charge in [-0.15, -0.1) is 0 Å². The van der Waals surface area contributed by atoms with Gasteiger partial charge in [0.2, 0.25) is 0 Å². The molecule has 26 heavy (non-hydrogen) atoms. The van der Waals surface area contributed by atoms with Crippen molar-refractivity contribution in [1.29, 1.82) is 0 Å². The number of hydrogen-bond acceptors (Lipinski definition) is 3. The topological polar surface area (TPSA) is 41.6 Å². The average Bonchev–Trinajstić information content (AvgIpc) is 3.18. The first-order valence-corrected chi connectivity index (χ1v) is 9.39. The summed E-state index contributed by atoms with van der Waals surface area (Å²) in [5.41, 5.74) is 4.60. The number of nitrogens with one attached hydrogen (secondary N) is 1. The zero-order chi connectivity index (χ0) is 18.5. The van der Waals surface area contributed by atoms with Gasteiger partial charge in [0.25, 0.3) is 5.91 Å². The molecular formula is C22H28N2O2. The third kappa shape index (κ3) is 4.37. The summed E-state index contributed by atoms with van der Waals surface area (Å²) in [4.78, 5) is 14.8. The molecule has 0 bridgehead atoms. The zero-order valence-corrected chi connectivity index (χ0v) is 15.9. The van der Waals surface area contributed by atoms with E-state index in [9.17, 15) is 4.79 Å². The zero-order valence-electron chi connectivity index (χ0n) is 15.9. The highest BCUT2D eigenvalue weighted by Gasteiger charge is 2.16. The van der Waals surface area contributed by atoms with Gasteiger partial charge in [0.15, 0.2) is 6.10 Å². The number of carbonyl (C=O) groups is 1. The van der Waals surface area contributed by atoms with E-state index >= 15 is 0 Å². The van der Waals surface area contributed by atoms with Gasteiger partial charge in [-0.1, -0.05) is 24.3 Å². The lowest BCUT2D eigenvalue weighted by atomic mass is 10.1. The minimum atomic E-state index is -0.528. The van der Waals surface area contributed by atoms with Gasteiger partial charge in [-0.25, -0.2) is 0 Å². The van der Waals surface area contributed by atoms with E-state index in [-0.39, 0.29) is 5.91 Å². The molecule has 1 fully saturated rings. The van der Waals surface area contributed by atoms with Crippen LogP contribution >= 0.6 is 0 Å². The molecule has 4 nitrogen and oxygen atoms in total. The maximum Gasteiger partial charge on any atom is 0.261 e. The number of anilines is 1. The number of nitrogens with zero attached hydrogens (tertiary/aromatic N) is 1. The Kier molecular flexibility index (Phi) is 5.82. The molecule has 1 aliphatic heterocycles. The summed E-state index contributed by atoms with van der Waals surface area (Å²) in [7, 11) is 0. The standard InChI is InChI=1S/C22H28N2O2/c1-16-7-6-8-21(17(16)2)26-18(3)22(25)23-15-19-9-11-20(12-10-19)24-13-4-5-14-24/h6-12,18H,4-5,13-15H2,1-3H3,(H,23,25)/t18-/m0/s1. The highest BCUT2D eigenvalue weighted by atomic mass is 16.5. The van der Waals surface area contributed by atoms with Crippen LogP contribution in [0.4, 0.5) is 5.69 Å². The summed E-state index contributed by atoms with van der Waals surface area (Å²) >= 11 is 0. The van der Waals surface area contributed by atoms with Crippen LogP contribution in [0.15, 0.2) is 42.5 Å². The Balaban J connectivity index is 1.52. The van der Waals surface area contributed by atoms with Gasteiger partial charge in [0, 0.05) is 25.3 Å². The Morgan fingerprint density at radius 1 is 1.12 bits per heavy atom. The molecule has 1 amide bonds. The van der Waals surface area contributed by atoms with Gasteiger partial charge >= 0.3 is 0 Å². The third-order valence-electron chi connectivity index (χ3n) is 5.10. The second kappa shape index (κ2) is 8.26. The number of rotatable bonds is 6. The monoisotopic (exact) mass is 352 g/mol. The molecule has 4 heteroatoms. The summed E-state index contributed by atoms with van der Waals surface area (Å²) in [6, 6.07) is 14.4. The van der Waals surface area contributed by atoms with Crippen molar-refractivity contribution in [3.05, 3.63) is 59.2 Å². The Morgan fingerprint density at radius 3 is 2.50 bits per heavy atom. The van der Waals surface area contributed by atoms with E-state index in [0.29, 0.717) is 6.54 Å². The number of ether oxygens (including phenoxy) is 1. The van der Waals surface area contributed by atoms with E-state index in [2.05, 4.69) is 34.5 Å². The fraction of sp³-hybridized carbons (Fsp3) is 0.409. The molecule has 0 aliphatic carbocycles. The minimum Gasteiger partial charge on any atom is -0.481 e. The number of benzene rings is 2. The van der Waals surface area contributed by atoms with Gasteiger partial charge in [-0.3, -0.25) is 4.79 Å². The first kappa shape index (κ1) is 18.3. The molecule has 0 saturated carbocycles. The number of hydrogen-bond donors (Lipinski definition) is 1. The Bertz CT molecular complexity index is 749. The Morgan fingerprint density at radius 2 is 1.81 bits per heavy atom. The Hall–Kier alpha value is -2.49. The molecule has 1 saturated heterocycles. The van der Waals surface area contributed by atoms with Gasteiger partial charge in [-0.2, -0.15) is 0 Å². The smallest absolute Gasteiger partial charge is 0.261 e. The van der Waals surface area contributed by atoms with Crippen molar-refractivity contribution in [2.45, 2.75) is 46.3 Å². The van der Waals surface area contributed by atoms with E-state index in [1.807, 2.05) is 32.0 Å². The molecule has 3 rings (SSSR count). The fourth-order valence-electron chi connectivity index (χ4n) is 3.23. The summed E-state index contributed by atoms with van der Waals surface area (Å²) in [6.45, 7) is 8.63. The molecule has 1 heterocycles. The fourth-order valence-corrected chi connectivity index (χ4v) is 3.23. The van der Waals surface area contributed by atoms with E-state index in [0.717, 1.165) is 35.5 Å². The first-order chi connectivity index (χ1) is 12.5. The SMILES string of the molecule is Cc1cccc(O[C@@H](C)C(=O)NCc2ccc(N3CCCC3)cc2)c1C. The average molecular weight is 352 g/mol. The van der Waals surface area contributed by atoms with Crippen LogP contribution in [0.1, 0.15) is 36.5 Å². The van der Waals surface area contributed by atoms with Crippen molar-refractivity contribution in [3.8, 4) is 5.75 Å². The second-order valence-electron chi connectivity index (χ2n) is 7.04. The van der Waals surface area contributed by atoms with Crippen molar-refractivity contribution in [2.75, 3.05) is 18.0 Å². The highest BCUT2D eigenvalue weighted by Crippen LogP contribution is 2.22. The summed E-state index contributed by atoms with van der Waals surface area (Å²) in [6.07, 6.45) is 2.02. The van der Waals surface area contributed by atoms with Crippen LogP contribution in [-0.4, -0.2) is 25.1 Å². The minimum absolute atomic E-state index is 0.102. The number of aryl methyl sites for hydroxylation is 1. The largest absolute Gasteiger partial charge is 0.481 e. The lowest BCUT2D eigenvalue weighted by Crippen LogP contribution is -2.36. The predicted octanol–water partition coefficient (Wildman–Crippen LogP) is 3.99. The van der Waals surface area contributed by atoms with E-state index < -0.39 is 6.10 Å².